The first kappa shape index (κ1) is 13.6. The Balaban J connectivity index is 1.86. The van der Waals surface area contributed by atoms with Crippen molar-refractivity contribution in [1.29, 1.82) is 0 Å². The second-order valence-electron chi connectivity index (χ2n) is 5.41. The minimum atomic E-state index is 0.156. The summed E-state index contributed by atoms with van der Waals surface area (Å²) in [5, 5.41) is 4.33. The van der Waals surface area contributed by atoms with Crippen LogP contribution in [0.15, 0.2) is 22.7 Å². The minimum absolute atomic E-state index is 0.156. The number of aryl methyl sites for hydroxylation is 4. The molecule has 0 aliphatic heterocycles. The lowest BCUT2D eigenvalue weighted by Gasteiger charge is -2.05. The molecule has 0 unspecified atom stereocenters. The van der Waals surface area contributed by atoms with Gasteiger partial charge >= 0.3 is 0 Å². The summed E-state index contributed by atoms with van der Waals surface area (Å²) in [6, 6.07) is 6.14. The van der Waals surface area contributed by atoms with Gasteiger partial charge in [0.05, 0.1) is 22.3 Å². The summed E-state index contributed by atoms with van der Waals surface area (Å²) in [4.78, 5) is 12.5. The molecular formula is C16H17BrN2O. The summed E-state index contributed by atoms with van der Waals surface area (Å²) in [6.07, 6.45) is 3.84. The lowest BCUT2D eigenvalue weighted by Crippen LogP contribution is -2.09. The van der Waals surface area contributed by atoms with Crippen LogP contribution >= 0.6 is 15.9 Å². The lowest BCUT2D eigenvalue weighted by molar-refractivity contribution is 0.0990. The van der Waals surface area contributed by atoms with Gasteiger partial charge in [-0.15, -0.1) is 0 Å². The van der Waals surface area contributed by atoms with Crippen molar-refractivity contribution >= 4 is 21.7 Å². The second-order valence-corrected chi connectivity index (χ2v) is 6.20. The summed E-state index contributed by atoms with van der Waals surface area (Å²) in [5.74, 6) is 0.156. The molecule has 20 heavy (non-hydrogen) atoms. The van der Waals surface area contributed by atoms with Gasteiger partial charge in [-0.3, -0.25) is 9.48 Å². The molecule has 0 saturated heterocycles. The van der Waals surface area contributed by atoms with Crippen molar-refractivity contribution in [3.63, 3.8) is 0 Å². The highest BCUT2D eigenvalue weighted by atomic mass is 79.9. The van der Waals surface area contributed by atoms with Crippen molar-refractivity contribution in [3.8, 4) is 0 Å². The van der Waals surface area contributed by atoms with Crippen LogP contribution in [0.1, 0.15) is 39.3 Å². The van der Waals surface area contributed by atoms with E-state index in [0.29, 0.717) is 6.42 Å². The standard InChI is InChI=1S/C16H17BrN2O/c1-10-16(17)14(19(2)18-10)9-15(20)13-7-6-11-4-3-5-12(11)8-13/h6-8H,3-5,9H2,1-2H3. The third kappa shape index (κ3) is 2.33. The van der Waals surface area contributed by atoms with Crippen LogP contribution in [-0.2, 0) is 26.3 Å². The monoisotopic (exact) mass is 332 g/mol. The van der Waals surface area contributed by atoms with Crippen molar-refractivity contribution in [2.75, 3.05) is 0 Å². The summed E-state index contributed by atoms with van der Waals surface area (Å²) in [7, 11) is 1.88. The number of nitrogens with zero attached hydrogens (tertiary/aromatic N) is 2. The maximum atomic E-state index is 12.5. The van der Waals surface area contributed by atoms with E-state index >= 15 is 0 Å². The van der Waals surface area contributed by atoms with Crippen molar-refractivity contribution in [3.05, 3.63) is 50.8 Å². The van der Waals surface area contributed by atoms with E-state index in [1.54, 1.807) is 4.68 Å². The molecule has 1 aliphatic rings. The molecule has 0 atom stereocenters. The predicted molar refractivity (Wildman–Crippen MR) is 82.1 cm³/mol. The van der Waals surface area contributed by atoms with E-state index < -0.39 is 0 Å². The van der Waals surface area contributed by atoms with Gasteiger partial charge in [-0.1, -0.05) is 12.1 Å². The quantitative estimate of drug-likeness (QED) is 0.807. The van der Waals surface area contributed by atoms with Gasteiger partial charge in [0, 0.05) is 12.6 Å². The van der Waals surface area contributed by atoms with Gasteiger partial charge in [-0.25, -0.2) is 0 Å². The zero-order valence-corrected chi connectivity index (χ0v) is 13.3. The smallest absolute Gasteiger partial charge is 0.168 e. The highest BCUT2D eigenvalue weighted by Gasteiger charge is 2.18. The molecule has 0 fully saturated rings. The number of halogens is 1. The third-order valence-electron chi connectivity index (χ3n) is 4.01. The Morgan fingerprint density at radius 3 is 2.80 bits per heavy atom. The SMILES string of the molecule is Cc1nn(C)c(CC(=O)c2ccc3c(c2)CCC3)c1Br. The van der Waals surface area contributed by atoms with Crippen LogP contribution in [0.4, 0.5) is 0 Å². The molecule has 0 saturated carbocycles. The van der Waals surface area contributed by atoms with E-state index in [2.05, 4.69) is 33.2 Å². The summed E-state index contributed by atoms with van der Waals surface area (Å²) in [5.41, 5.74) is 5.42. The number of ketones is 1. The average Bonchev–Trinajstić information content (AvgIpc) is 2.98. The molecule has 0 amide bonds. The van der Waals surface area contributed by atoms with E-state index in [-0.39, 0.29) is 5.78 Å². The van der Waals surface area contributed by atoms with Gasteiger partial charge < -0.3 is 0 Å². The van der Waals surface area contributed by atoms with Crippen LogP contribution in [0, 0.1) is 6.92 Å². The first-order chi connectivity index (χ1) is 9.56. The molecule has 0 N–H and O–H groups in total. The van der Waals surface area contributed by atoms with E-state index in [1.165, 1.54) is 17.5 Å². The Morgan fingerprint density at radius 2 is 2.10 bits per heavy atom. The molecule has 4 heteroatoms. The molecule has 3 nitrogen and oxygen atoms in total. The number of carbonyl (C=O) groups excluding carboxylic acids is 1. The fourth-order valence-corrected chi connectivity index (χ4v) is 3.35. The van der Waals surface area contributed by atoms with Crippen LogP contribution in [-0.4, -0.2) is 15.6 Å². The number of Topliss-reactive ketones (excluding diaryl/α,β-unsaturated/α-hetero) is 1. The van der Waals surface area contributed by atoms with Crippen LogP contribution < -0.4 is 0 Å². The predicted octanol–water partition coefficient (Wildman–Crippen LogP) is 3.41. The van der Waals surface area contributed by atoms with E-state index in [0.717, 1.165) is 34.3 Å². The minimum Gasteiger partial charge on any atom is -0.294 e. The van der Waals surface area contributed by atoms with Gasteiger partial charge in [0.25, 0.3) is 0 Å². The molecule has 0 spiro atoms. The number of rotatable bonds is 3. The fraction of sp³-hybridized carbons (Fsp3) is 0.375. The Morgan fingerprint density at radius 1 is 1.35 bits per heavy atom. The molecule has 104 valence electrons. The van der Waals surface area contributed by atoms with Crippen molar-refractivity contribution in [2.24, 2.45) is 7.05 Å². The van der Waals surface area contributed by atoms with Crippen molar-refractivity contribution in [1.82, 2.24) is 9.78 Å². The lowest BCUT2D eigenvalue weighted by atomic mass is 10.0. The van der Waals surface area contributed by atoms with Crippen LogP contribution in [0.2, 0.25) is 0 Å². The van der Waals surface area contributed by atoms with Gasteiger partial charge in [-0.2, -0.15) is 5.10 Å². The average molecular weight is 333 g/mol. The Bertz CT molecular complexity index is 688. The zero-order valence-electron chi connectivity index (χ0n) is 11.7. The van der Waals surface area contributed by atoms with Crippen LogP contribution in [0.25, 0.3) is 0 Å². The van der Waals surface area contributed by atoms with Gasteiger partial charge in [0.15, 0.2) is 5.78 Å². The highest BCUT2D eigenvalue weighted by molar-refractivity contribution is 9.10. The van der Waals surface area contributed by atoms with E-state index in [1.807, 2.05) is 20.0 Å². The molecule has 0 bridgehead atoms. The molecule has 3 rings (SSSR count). The van der Waals surface area contributed by atoms with Crippen LogP contribution in [0.3, 0.4) is 0 Å². The number of hydrogen-bond donors (Lipinski definition) is 0. The number of aromatic nitrogens is 2. The third-order valence-corrected chi connectivity index (χ3v) is 5.04. The van der Waals surface area contributed by atoms with Crippen LogP contribution in [0.5, 0.6) is 0 Å². The fourth-order valence-electron chi connectivity index (χ4n) is 2.87. The first-order valence-electron chi connectivity index (χ1n) is 6.89. The van der Waals surface area contributed by atoms with Gasteiger partial charge in [0.2, 0.25) is 0 Å². The number of fused-ring (bicyclic) bond motifs is 1. The van der Waals surface area contributed by atoms with Crippen molar-refractivity contribution < 1.29 is 4.79 Å². The molecular weight excluding hydrogens is 316 g/mol. The highest BCUT2D eigenvalue weighted by Crippen LogP contribution is 2.25. The topological polar surface area (TPSA) is 34.9 Å². The molecule has 2 aromatic rings. The molecule has 1 heterocycles. The second kappa shape index (κ2) is 5.17. The van der Waals surface area contributed by atoms with Gasteiger partial charge in [0.1, 0.15) is 0 Å². The van der Waals surface area contributed by atoms with Crippen molar-refractivity contribution in [2.45, 2.75) is 32.6 Å². The summed E-state index contributed by atoms with van der Waals surface area (Å²) in [6.45, 7) is 1.94. The molecule has 0 radical (unpaired) electrons. The maximum Gasteiger partial charge on any atom is 0.168 e. The Hall–Kier alpha value is -1.42. The number of benzene rings is 1. The number of hydrogen-bond acceptors (Lipinski definition) is 2. The van der Waals surface area contributed by atoms with E-state index in [4.69, 9.17) is 0 Å². The Labute approximate surface area is 127 Å². The Kier molecular flexibility index (Phi) is 3.50. The largest absolute Gasteiger partial charge is 0.294 e. The zero-order chi connectivity index (χ0) is 14.3. The normalized spacial score (nSPS) is 13.6. The summed E-state index contributed by atoms with van der Waals surface area (Å²) < 4.78 is 2.72. The first-order valence-corrected chi connectivity index (χ1v) is 7.68. The molecule has 1 aromatic heterocycles. The molecule has 1 aliphatic carbocycles. The van der Waals surface area contributed by atoms with Gasteiger partial charge in [-0.05, 0) is 59.3 Å². The molecule has 1 aromatic carbocycles. The number of carbonyl (C=O) groups is 1. The van der Waals surface area contributed by atoms with E-state index in [9.17, 15) is 4.79 Å². The summed E-state index contributed by atoms with van der Waals surface area (Å²) >= 11 is 3.52. The maximum absolute atomic E-state index is 12.5.